The Bertz CT molecular complexity index is 704. The lowest BCUT2D eigenvalue weighted by Crippen LogP contribution is -2.49. The molecule has 1 aromatic carbocycles. The highest BCUT2D eigenvalue weighted by Crippen LogP contribution is 2.21. The van der Waals surface area contributed by atoms with E-state index in [0.717, 1.165) is 5.39 Å². The SMILES string of the molecule is Cc1cc(F)cc2[nH]c(C(=O)NC(C)(C)C(=O)O)cc12. The van der Waals surface area contributed by atoms with E-state index in [4.69, 9.17) is 5.11 Å². The maximum atomic E-state index is 13.3. The number of hydrogen-bond donors (Lipinski definition) is 3. The van der Waals surface area contributed by atoms with Crippen molar-refractivity contribution < 1.29 is 19.1 Å². The molecule has 0 aliphatic heterocycles. The van der Waals surface area contributed by atoms with E-state index in [1.807, 2.05) is 0 Å². The summed E-state index contributed by atoms with van der Waals surface area (Å²) in [6.45, 7) is 4.52. The highest BCUT2D eigenvalue weighted by atomic mass is 19.1. The lowest BCUT2D eigenvalue weighted by Gasteiger charge is -2.20. The molecule has 0 radical (unpaired) electrons. The molecule has 0 fully saturated rings. The number of aromatic amines is 1. The summed E-state index contributed by atoms with van der Waals surface area (Å²) < 4.78 is 13.3. The quantitative estimate of drug-likeness (QED) is 0.805. The van der Waals surface area contributed by atoms with E-state index >= 15 is 0 Å². The van der Waals surface area contributed by atoms with E-state index < -0.39 is 23.2 Å². The summed E-state index contributed by atoms with van der Waals surface area (Å²) in [5.41, 5.74) is 0.0193. The van der Waals surface area contributed by atoms with Crippen molar-refractivity contribution in [3.63, 3.8) is 0 Å². The van der Waals surface area contributed by atoms with Gasteiger partial charge in [-0.3, -0.25) is 4.79 Å². The van der Waals surface area contributed by atoms with Gasteiger partial charge in [0.05, 0.1) is 0 Å². The number of carboxylic acid groups (broad SMARTS) is 1. The molecular formula is C14H15FN2O3. The summed E-state index contributed by atoms with van der Waals surface area (Å²) >= 11 is 0. The molecule has 1 amide bonds. The second-order valence-corrected chi connectivity index (χ2v) is 5.25. The first-order valence-electron chi connectivity index (χ1n) is 6.05. The minimum absolute atomic E-state index is 0.197. The van der Waals surface area contributed by atoms with Gasteiger partial charge >= 0.3 is 5.97 Å². The van der Waals surface area contributed by atoms with Crippen LogP contribution in [-0.2, 0) is 4.79 Å². The number of H-pyrrole nitrogens is 1. The van der Waals surface area contributed by atoms with Crippen LogP contribution in [0.3, 0.4) is 0 Å². The maximum absolute atomic E-state index is 13.3. The molecule has 0 atom stereocenters. The van der Waals surface area contributed by atoms with Crippen LogP contribution in [0.4, 0.5) is 4.39 Å². The summed E-state index contributed by atoms with van der Waals surface area (Å²) in [6, 6.07) is 4.25. The van der Waals surface area contributed by atoms with Crippen LogP contribution in [0.2, 0.25) is 0 Å². The molecule has 20 heavy (non-hydrogen) atoms. The van der Waals surface area contributed by atoms with Gasteiger partial charge < -0.3 is 15.4 Å². The number of halogens is 1. The number of aliphatic carboxylic acids is 1. The third-order valence-corrected chi connectivity index (χ3v) is 3.11. The molecule has 0 bridgehead atoms. The van der Waals surface area contributed by atoms with E-state index in [1.165, 1.54) is 26.0 Å². The molecule has 2 aromatic rings. The molecule has 6 heteroatoms. The van der Waals surface area contributed by atoms with Gasteiger partial charge in [-0.05, 0) is 44.5 Å². The number of fused-ring (bicyclic) bond motifs is 1. The Balaban J connectivity index is 2.37. The van der Waals surface area contributed by atoms with Gasteiger partial charge in [-0.1, -0.05) is 0 Å². The number of carbonyl (C=O) groups is 2. The lowest BCUT2D eigenvalue weighted by atomic mass is 10.1. The van der Waals surface area contributed by atoms with E-state index in [2.05, 4.69) is 10.3 Å². The molecular weight excluding hydrogens is 263 g/mol. The largest absolute Gasteiger partial charge is 0.480 e. The van der Waals surface area contributed by atoms with Crippen molar-refractivity contribution in [2.45, 2.75) is 26.3 Å². The van der Waals surface area contributed by atoms with Crippen LogP contribution < -0.4 is 5.32 Å². The van der Waals surface area contributed by atoms with Crippen molar-refractivity contribution in [3.05, 3.63) is 35.3 Å². The Morgan fingerprint density at radius 1 is 1.30 bits per heavy atom. The van der Waals surface area contributed by atoms with Gasteiger partial charge in [-0.15, -0.1) is 0 Å². The first-order chi connectivity index (χ1) is 9.20. The molecule has 0 aliphatic carbocycles. The molecule has 0 saturated heterocycles. The zero-order valence-electron chi connectivity index (χ0n) is 11.4. The third-order valence-electron chi connectivity index (χ3n) is 3.11. The van der Waals surface area contributed by atoms with Crippen LogP contribution in [0.5, 0.6) is 0 Å². The Kier molecular flexibility index (Phi) is 3.25. The Morgan fingerprint density at radius 2 is 1.95 bits per heavy atom. The molecule has 106 valence electrons. The number of carbonyl (C=O) groups excluding carboxylic acids is 1. The molecule has 5 nitrogen and oxygen atoms in total. The van der Waals surface area contributed by atoms with Gasteiger partial charge in [0.15, 0.2) is 0 Å². The zero-order valence-corrected chi connectivity index (χ0v) is 11.4. The number of carboxylic acids is 1. The number of benzene rings is 1. The third kappa shape index (κ3) is 2.49. The summed E-state index contributed by atoms with van der Waals surface area (Å²) in [6.07, 6.45) is 0. The van der Waals surface area contributed by atoms with Gasteiger partial charge in [-0.2, -0.15) is 0 Å². The highest BCUT2D eigenvalue weighted by Gasteiger charge is 2.29. The first-order valence-corrected chi connectivity index (χ1v) is 6.05. The fourth-order valence-corrected chi connectivity index (χ4v) is 1.90. The highest BCUT2D eigenvalue weighted by molar-refractivity contribution is 6.00. The van der Waals surface area contributed by atoms with Gasteiger partial charge in [0, 0.05) is 10.9 Å². The zero-order chi connectivity index (χ0) is 15.1. The van der Waals surface area contributed by atoms with Gasteiger partial charge in [-0.25, -0.2) is 9.18 Å². The van der Waals surface area contributed by atoms with Crippen LogP contribution in [0.1, 0.15) is 29.9 Å². The van der Waals surface area contributed by atoms with Crippen molar-refractivity contribution in [2.24, 2.45) is 0 Å². The van der Waals surface area contributed by atoms with Crippen molar-refractivity contribution in [1.82, 2.24) is 10.3 Å². The molecule has 2 rings (SSSR count). The van der Waals surface area contributed by atoms with Crippen LogP contribution in [-0.4, -0.2) is 27.5 Å². The molecule has 3 N–H and O–H groups in total. The molecule has 0 saturated carbocycles. The predicted molar refractivity (Wildman–Crippen MR) is 72.2 cm³/mol. The number of aromatic nitrogens is 1. The van der Waals surface area contributed by atoms with E-state index in [0.29, 0.717) is 11.1 Å². The topological polar surface area (TPSA) is 82.2 Å². The number of hydrogen-bond acceptors (Lipinski definition) is 2. The minimum atomic E-state index is -1.38. The number of amides is 1. The van der Waals surface area contributed by atoms with E-state index in [-0.39, 0.29) is 5.69 Å². The predicted octanol–water partition coefficient (Wildman–Crippen LogP) is 2.21. The lowest BCUT2D eigenvalue weighted by molar-refractivity contribution is -0.143. The summed E-state index contributed by atoms with van der Waals surface area (Å²) in [4.78, 5) is 25.8. The summed E-state index contributed by atoms with van der Waals surface area (Å²) in [5, 5.41) is 12.1. The molecule has 1 aromatic heterocycles. The standard InChI is InChI=1S/C14H15FN2O3/c1-7-4-8(15)5-10-9(7)6-11(16-10)12(18)17-14(2,3)13(19)20/h4-6,16H,1-3H3,(H,17,18)(H,19,20). The van der Waals surface area contributed by atoms with Crippen LogP contribution >= 0.6 is 0 Å². The van der Waals surface area contributed by atoms with Crippen molar-refractivity contribution in [2.75, 3.05) is 0 Å². The minimum Gasteiger partial charge on any atom is -0.480 e. The normalized spacial score (nSPS) is 11.6. The van der Waals surface area contributed by atoms with Gasteiger partial charge in [0.2, 0.25) is 0 Å². The van der Waals surface area contributed by atoms with Crippen LogP contribution in [0.15, 0.2) is 18.2 Å². The van der Waals surface area contributed by atoms with Crippen molar-refractivity contribution in [1.29, 1.82) is 0 Å². The van der Waals surface area contributed by atoms with Crippen LogP contribution in [0, 0.1) is 12.7 Å². The van der Waals surface area contributed by atoms with E-state index in [1.54, 1.807) is 13.0 Å². The number of rotatable bonds is 3. The summed E-state index contributed by atoms with van der Waals surface area (Å²) in [7, 11) is 0. The maximum Gasteiger partial charge on any atom is 0.328 e. The van der Waals surface area contributed by atoms with Crippen molar-refractivity contribution >= 4 is 22.8 Å². The molecule has 0 unspecified atom stereocenters. The second-order valence-electron chi connectivity index (χ2n) is 5.25. The average Bonchev–Trinajstić information content (AvgIpc) is 2.72. The second kappa shape index (κ2) is 4.63. The fraction of sp³-hybridized carbons (Fsp3) is 0.286. The Morgan fingerprint density at radius 3 is 2.55 bits per heavy atom. The molecule has 0 aliphatic rings. The fourth-order valence-electron chi connectivity index (χ4n) is 1.90. The number of aryl methyl sites for hydroxylation is 1. The molecule has 0 spiro atoms. The van der Waals surface area contributed by atoms with Gasteiger partial charge in [0.25, 0.3) is 5.91 Å². The van der Waals surface area contributed by atoms with Gasteiger partial charge in [0.1, 0.15) is 17.1 Å². The monoisotopic (exact) mass is 278 g/mol. The summed E-state index contributed by atoms with van der Waals surface area (Å²) in [5.74, 6) is -2.08. The van der Waals surface area contributed by atoms with E-state index in [9.17, 15) is 14.0 Å². The average molecular weight is 278 g/mol. The smallest absolute Gasteiger partial charge is 0.328 e. The molecule has 1 heterocycles. The Hall–Kier alpha value is -2.37. The van der Waals surface area contributed by atoms with Crippen LogP contribution in [0.25, 0.3) is 10.9 Å². The first kappa shape index (κ1) is 14.0. The van der Waals surface area contributed by atoms with Crippen molar-refractivity contribution in [3.8, 4) is 0 Å². The Labute approximate surface area is 114 Å². The number of nitrogens with one attached hydrogen (secondary N) is 2.